The van der Waals surface area contributed by atoms with Gasteiger partial charge in [0.1, 0.15) is 0 Å². The number of aryl methyl sites for hydroxylation is 1. The van der Waals surface area contributed by atoms with Gasteiger partial charge in [-0.3, -0.25) is 0 Å². The molecule has 80 valence electrons. The summed E-state index contributed by atoms with van der Waals surface area (Å²) < 4.78 is 0.920. The van der Waals surface area contributed by atoms with Crippen LogP contribution < -0.4 is 5.32 Å². The van der Waals surface area contributed by atoms with E-state index in [4.69, 9.17) is 11.6 Å². The quantitative estimate of drug-likeness (QED) is 0.826. The van der Waals surface area contributed by atoms with Crippen LogP contribution in [0.4, 0.5) is 0 Å². The fraction of sp³-hybridized carbons (Fsp3) is 0.636. The van der Waals surface area contributed by atoms with Crippen LogP contribution in [0, 0.1) is 12.8 Å². The van der Waals surface area contributed by atoms with Gasteiger partial charge in [-0.25, -0.2) is 0 Å². The molecule has 1 aromatic rings. The molecule has 1 N–H and O–H groups in total. The van der Waals surface area contributed by atoms with Crippen LogP contribution in [0.3, 0.4) is 0 Å². The molecule has 1 atom stereocenters. The maximum atomic E-state index is 6.07. The minimum atomic E-state index is 0.441. The molecule has 0 radical (unpaired) electrons. The standard InChI is InChI=1S/C11H18ClNS/c1-5-13-10(7(2)3)9-6-8(4)11(12)14-9/h6-7,10,13H,5H2,1-4H3. The Labute approximate surface area is 95.5 Å². The van der Waals surface area contributed by atoms with E-state index in [9.17, 15) is 0 Å². The van der Waals surface area contributed by atoms with E-state index >= 15 is 0 Å². The van der Waals surface area contributed by atoms with Gasteiger partial charge in [-0.1, -0.05) is 32.4 Å². The first-order valence-corrected chi connectivity index (χ1v) is 6.25. The van der Waals surface area contributed by atoms with E-state index in [0.717, 1.165) is 10.9 Å². The molecule has 1 rings (SSSR count). The van der Waals surface area contributed by atoms with Crippen molar-refractivity contribution < 1.29 is 0 Å². The zero-order valence-corrected chi connectivity index (χ0v) is 10.8. The van der Waals surface area contributed by atoms with E-state index in [1.165, 1.54) is 10.4 Å². The highest BCUT2D eigenvalue weighted by Gasteiger charge is 2.17. The number of hydrogen-bond acceptors (Lipinski definition) is 2. The van der Waals surface area contributed by atoms with E-state index in [0.29, 0.717) is 12.0 Å². The number of halogens is 1. The lowest BCUT2D eigenvalue weighted by Gasteiger charge is -2.20. The summed E-state index contributed by atoms with van der Waals surface area (Å²) in [4.78, 5) is 1.35. The molecule has 0 aromatic carbocycles. The summed E-state index contributed by atoms with van der Waals surface area (Å²) in [5.74, 6) is 0.601. The van der Waals surface area contributed by atoms with Crippen molar-refractivity contribution in [1.29, 1.82) is 0 Å². The van der Waals surface area contributed by atoms with Crippen LogP contribution in [0.15, 0.2) is 6.07 Å². The van der Waals surface area contributed by atoms with Crippen molar-refractivity contribution in [1.82, 2.24) is 5.32 Å². The van der Waals surface area contributed by atoms with Crippen molar-refractivity contribution in [2.75, 3.05) is 6.54 Å². The summed E-state index contributed by atoms with van der Waals surface area (Å²) in [6.07, 6.45) is 0. The molecule has 14 heavy (non-hydrogen) atoms. The normalized spacial score (nSPS) is 13.6. The van der Waals surface area contributed by atoms with Gasteiger partial charge in [0.05, 0.1) is 4.34 Å². The molecular formula is C11H18ClNS. The molecule has 1 heterocycles. The van der Waals surface area contributed by atoms with Crippen molar-refractivity contribution in [3.05, 3.63) is 20.8 Å². The molecule has 0 saturated heterocycles. The molecular weight excluding hydrogens is 214 g/mol. The van der Waals surface area contributed by atoms with Crippen molar-refractivity contribution in [3.63, 3.8) is 0 Å². The first-order chi connectivity index (χ1) is 6.56. The number of thiophene rings is 1. The second-order valence-electron chi connectivity index (χ2n) is 3.88. The summed E-state index contributed by atoms with van der Waals surface area (Å²) in [6, 6.07) is 2.64. The first kappa shape index (κ1) is 12.0. The van der Waals surface area contributed by atoms with Gasteiger partial charge < -0.3 is 5.32 Å². The Morgan fingerprint density at radius 1 is 1.50 bits per heavy atom. The van der Waals surface area contributed by atoms with Gasteiger partial charge in [-0.15, -0.1) is 11.3 Å². The van der Waals surface area contributed by atoms with E-state index in [2.05, 4.69) is 39.1 Å². The van der Waals surface area contributed by atoms with Crippen LogP contribution >= 0.6 is 22.9 Å². The van der Waals surface area contributed by atoms with Crippen LogP contribution in [0.25, 0.3) is 0 Å². The summed E-state index contributed by atoms with van der Waals surface area (Å²) in [5, 5.41) is 3.49. The number of nitrogens with one attached hydrogen (secondary N) is 1. The lowest BCUT2D eigenvalue weighted by Crippen LogP contribution is -2.24. The number of hydrogen-bond donors (Lipinski definition) is 1. The summed E-state index contributed by atoms with van der Waals surface area (Å²) in [5.41, 5.74) is 1.19. The van der Waals surface area contributed by atoms with Crippen molar-refractivity contribution >= 4 is 22.9 Å². The Balaban J connectivity index is 2.87. The van der Waals surface area contributed by atoms with E-state index in [-0.39, 0.29) is 0 Å². The smallest absolute Gasteiger partial charge is 0.0960 e. The average Bonchev–Trinajstić information content (AvgIpc) is 2.42. The van der Waals surface area contributed by atoms with Crippen LogP contribution in [-0.4, -0.2) is 6.54 Å². The Morgan fingerprint density at radius 2 is 2.14 bits per heavy atom. The minimum absolute atomic E-state index is 0.441. The third-order valence-corrected chi connectivity index (χ3v) is 3.91. The molecule has 1 unspecified atom stereocenters. The highest BCUT2D eigenvalue weighted by Crippen LogP contribution is 2.33. The molecule has 0 aliphatic rings. The third-order valence-electron chi connectivity index (χ3n) is 2.27. The van der Waals surface area contributed by atoms with Gasteiger partial charge in [0.25, 0.3) is 0 Å². The lowest BCUT2D eigenvalue weighted by molar-refractivity contribution is 0.428. The van der Waals surface area contributed by atoms with Crippen LogP contribution in [0.5, 0.6) is 0 Å². The molecule has 3 heteroatoms. The Morgan fingerprint density at radius 3 is 2.50 bits per heavy atom. The van der Waals surface area contributed by atoms with Gasteiger partial charge in [0, 0.05) is 10.9 Å². The van der Waals surface area contributed by atoms with Gasteiger partial charge in [0.2, 0.25) is 0 Å². The van der Waals surface area contributed by atoms with E-state index in [1.807, 2.05) is 0 Å². The van der Waals surface area contributed by atoms with Gasteiger partial charge >= 0.3 is 0 Å². The second-order valence-corrected chi connectivity index (χ2v) is 5.57. The molecule has 0 fully saturated rings. The van der Waals surface area contributed by atoms with Crippen LogP contribution in [0.1, 0.15) is 37.3 Å². The summed E-state index contributed by atoms with van der Waals surface area (Å²) >= 11 is 7.76. The maximum Gasteiger partial charge on any atom is 0.0960 e. The summed E-state index contributed by atoms with van der Waals surface area (Å²) in [7, 11) is 0. The molecule has 0 bridgehead atoms. The Hall–Kier alpha value is -0.0500. The van der Waals surface area contributed by atoms with Crippen molar-refractivity contribution in [3.8, 4) is 0 Å². The summed E-state index contributed by atoms with van der Waals surface area (Å²) in [6.45, 7) is 9.66. The monoisotopic (exact) mass is 231 g/mol. The highest BCUT2D eigenvalue weighted by atomic mass is 35.5. The van der Waals surface area contributed by atoms with Crippen molar-refractivity contribution in [2.45, 2.75) is 33.7 Å². The zero-order chi connectivity index (χ0) is 10.7. The molecule has 0 spiro atoms. The second kappa shape index (κ2) is 5.15. The Kier molecular flexibility index (Phi) is 4.42. The average molecular weight is 232 g/mol. The Bertz CT molecular complexity index is 274. The molecule has 1 aromatic heterocycles. The molecule has 1 nitrogen and oxygen atoms in total. The SMILES string of the molecule is CCNC(c1cc(C)c(Cl)s1)C(C)C. The van der Waals surface area contributed by atoms with Gasteiger partial charge in [0.15, 0.2) is 0 Å². The largest absolute Gasteiger partial charge is 0.309 e. The minimum Gasteiger partial charge on any atom is -0.309 e. The first-order valence-electron chi connectivity index (χ1n) is 5.05. The zero-order valence-electron chi connectivity index (χ0n) is 9.23. The van der Waals surface area contributed by atoms with Crippen LogP contribution in [0.2, 0.25) is 4.34 Å². The molecule has 0 amide bonds. The predicted molar refractivity (Wildman–Crippen MR) is 65.3 cm³/mol. The molecule has 0 aliphatic heterocycles. The van der Waals surface area contributed by atoms with E-state index in [1.54, 1.807) is 11.3 Å². The van der Waals surface area contributed by atoms with Gasteiger partial charge in [-0.2, -0.15) is 0 Å². The van der Waals surface area contributed by atoms with Crippen molar-refractivity contribution in [2.24, 2.45) is 5.92 Å². The van der Waals surface area contributed by atoms with Crippen LogP contribution in [-0.2, 0) is 0 Å². The fourth-order valence-corrected chi connectivity index (χ4v) is 2.99. The van der Waals surface area contributed by atoms with E-state index < -0.39 is 0 Å². The molecule has 0 saturated carbocycles. The topological polar surface area (TPSA) is 12.0 Å². The van der Waals surface area contributed by atoms with Gasteiger partial charge in [-0.05, 0) is 31.0 Å². The highest BCUT2D eigenvalue weighted by molar-refractivity contribution is 7.16. The molecule has 0 aliphatic carbocycles. The third kappa shape index (κ3) is 2.72. The number of rotatable bonds is 4. The predicted octanol–water partition coefficient (Wildman–Crippen LogP) is 4.02. The lowest BCUT2D eigenvalue weighted by atomic mass is 10.0. The maximum absolute atomic E-state index is 6.07. The fourth-order valence-electron chi connectivity index (χ4n) is 1.52.